The van der Waals surface area contributed by atoms with Gasteiger partial charge in [0.2, 0.25) is 0 Å². The number of nitrogens with zero attached hydrogens (tertiary/aromatic N) is 1. The van der Waals surface area contributed by atoms with Gasteiger partial charge in [-0.25, -0.2) is 4.98 Å². The molecule has 1 aromatic rings. The average molecular weight is 267 g/mol. The first-order chi connectivity index (χ1) is 8.83. The van der Waals surface area contributed by atoms with Gasteiger partial charge in [0, 0.05) is 24.0 Å². The molecule has 1 saturated carbocycles. The van der Waals surface area contributed by atoms with Gasteiger partial charge < -0.3 is 0 Å². The average Bonchev–Trinajstić information content (AvgIpc) is 2.90. The van der Waals surface area contributed by atoms with E-state index in [0.717, 1.165) is 18.3 Å². The Morgan fingerprint density at radius 1 is 1.44 bits per heavy atom. The Labute approximate surface area is 114 Å². The number of rotatable bonds is 6. The molecule has 1 aliphatic carbocycles. The SMILES string of the molecule is CCCC1CCC(C(Cc2nccs2)NN)CC1. The van der Waals surface area contributed by atoms with Crippen molar-refractivity contribution in [2.45, 2.75) is 57.9 Å². The normalized spacial score (nSPS) is 26.1. The van der Waals surface area contributed by atoms with Crippen molar-refractivity contribution in [3.05, 3.63) is 16.6 Å². The molecule has 18 heavy (non-hydrogen) atoms. The molecular formula is C14H25N3S. The lowest BCUT2D eigenvalue weighted by atomic mass is 9.76. The van der Waals surface area contributed by atoms with E-state index in [9.17, 15) is 0 Å². The molecule has 4 heteroatoms. The number of aromatic nitrogens is 1. The lowest BCUT2D eigenvalue weighted by molar-refractivity contribution is 0.213. The van der Waals surface area contributed by atoms with E-state index in [4.69, 9.17) is 5.84 Å². The second-order valence-electron chi connectivity index (χ2n) is 5.47. The minimum Gasteiger partial charge on any atom is -0.271 e. The lowest BCUT2D eigenvalue weighted by Gasteiger charge is -2.33. The smallest absolute Gasteiger partial charge is 0.0940 e. The van der Waals surface area contributed by atoms with Crippen molar-refractivity contribution in [3.63, 3.8) is 0 Å². The van der Waals surface area contributed by atoms with Crippen LogP contribution < -0.4 is 11.3 Å². The van der Waals surface area contributed by atoms with Gasteiger partial charge >= 0.3 is 0 Å². The maximum Gasteiger partial charge on any atom is 0.0940 e. The van der Waals surface area contributed by atoms with Crippen LogP contribution in [-0.2, 0) is 6.42 Å². The molecule has 0 amide bonds. The summed E-state index contributed by atoms with van der Waals surface area (Å²) in [6, 6.07) is 0.402. The van der Waals surface area contributed by atoms with E-state index in [0.29, 0.717) is 6.04 Å². The zero-order valence-corrected chi connectivity index (χ0v) is 12.1. The van der Waals surface area contributed by atoms with Crippen molar-refractivity contribution in [2.75, 3.05) is 0 Å². The third-order valence-corrected chi connectivity index (χ3v) is 5.05. The Balaban J connectivity index is 1.82. The number of nitrogens with one attached hydrogen (secondary N) is 1. The summed E-state index contributed by atoms with van der Waals surface area (Å²) in [6.45, 7) is 2.29. The van der Waals surface area contributed by atoms with Crippen molar-refractivity contribution < 1.29 is 0 Å². The second kappa shape index (κ2) is 7.22. The summed E-state index contributed by atoms with van der Waals surface area (Å²) >= 11 is 1.73. The van der Waals surface area contributed by atoms with E-state index >= 15 is 0 Å². The van der Waals surface area contributed by atoms with Crippen LogP contribution in [0.25, 0.3) is 0 Å². The number of hydrogen-bond donors (Lipinski definition) is 2. The van der Waals surface area contributed by atoms with Crippen molar-refractivity contribution in [2.24, 2.45) is 17.7 Å². The largest absolute Gasteiger partial charge is 0.271 e. The zero-order chi connectivity index (χ0) is 12.8. The minimum absolute atomic E-state index is 0.402. The fourth-order valence-electron chi connectivity index (χ4n) is 3.19. The summed E-state index contributed by atoms with van der Waals surface area (Å²) < 4.78 is 0. The van der Waals surface area contributed by atoms with Gasteiger partial charge in [-0.15, -0.1) is 11.3 Å². The molecule has 1 heterocycles. The van der Waals surface area contributed by atoms with Crippen molar-refractivity contribution in [1.29, 1.82) is 0 Å². The number of hydrazine groups is 1. The Kier molecular flexibility index (Phi) is 5.60. The molecular weight excluding hydrogens is 242 g/mol. The molecule has 1 aliphatic rings. The first-order valence-corrected chi connectivity index (χ1v) is 8.06. The fraction of sp³-hybridized carbons (Fsp3) is 0.786. The van der Waals surface area contributed by atoms with Crippen LogP contribution in [0, 0.1) is 11.8 Å². The van der Waals surface area contributed by atoms with Crippen molar-refractivity contribution >= 4 is 11.3 Å². The lowest BCUT2D eigenvalue weighted by Crippen LogP contribution is -2.43. The van der Waals surface area contributed by atoms with Crippen LogP contribution in [-0.4, -0.2) is 11.0 Å². The number of hydrogen-bond acceptors (Lipinski definition) is 4. The maximum absolute atomic E-state index is 5.74. The molecule has 0 radical (unpaired) electrons. The van der Waals surface area contributed by atoms with Gasteiger partial charge in [0.25, 0.3) is 0 Å². The maximum atomic E-state index is 5.74. The van der Waals surface area contributed by atoms with Crippen LogP contribution in [0.3, 0.4) is 0 Å². The first kappa shape index (κ1) is 14.0. The Bertz CT molecular complexity index is 318. The highest BCUT2D eigenvalue weighted by molar-refractivity contribution is 7.09. The van der Waals surface area contributed by atoms with Crippen LogP contribution in [0.15, 0.2) is 11.6 Å². The van der Waals surface area contributed by atoms with Gasteiger partial charge in [-0.1, -0.05) is 32.6 Å². The topological polar surface area (TPSA) is 50.9 Å². The van der Waals surface area contributed by atoms with Crippen molar-refractivity contribution in [1.82, 2.24) is 10.4 Å². The number of thiazole rings is 1. The highest BCUT2D eigenvalue weighted by Crippen LogP contribution is 2.34. The molecule has 3 nitrogen and oxygen atoms in total. The standard InChI is InChI=1S/C14H25N3S/c1-2-3-11-4-6-12(7-5-11)13(17-15)10-14-16-8-9-18-14/h8-9,11-13,17H,2-7,10,15H2,1H3. The predicted molar refractivity (Wildman–Crippen MR) is 77.3 cm³/mol. The molecule has 0 aromatic carbocycles. The second-order valence-corrected chi connectivity index (χ2v) is 6.45. The molecule has 3 N–H and O–H groups in total. The van der Waals surface area contributed by atoms with Crippen molar-refractivity contribution in [3.8, 4) is 0 Å². The van der Waals surface area contributed by atoms with E-state index in [1.165, 1.54) is 43.5 Å². The molecule has 0 saturated heterocycles. The van der Waals surface area contributed by atoms with Gasteiger partial charge in [-0.05, 0) is 24.7 Å². The van der Waals surface area contributed by atoms with Crippen LogP contribution in [0.5, 0.6) is 0 Å². The quantitative estimate of drug-likeness (QED) is 0.615. The van der Waals surface area contributed by atoms with Gasteiger partial charge in [0.05, 0.1) is 5.01 Å². The molecule has 1 unspecified atom stereocenters. The molecule has 1 fully saturated rings. The van der Waals surface area contributed by atoms with Crippen LogP contribution in [0.4, 0.5) is 0 Å². The predicted octanol–water partition coefficient (Wildman–Crippen LogP) is 3.12. The molecule has 0 bridgehead atoms. The van der Waals surface area contributed by atoms with Gasteiger partial charge in [0.15, 0.2) is 0 Å². The first-order valence-electron chi connectivity index (χ1n) is 7.18. The molecule has 1 atom stereocenters. The zero-order valence-electron chi connectivity index (χ0n) is 11.3. The summed E-state index contributed by atoms with van der Waals surface area (Å²) in [5.74, 6) is 7.43. The van der Waals surface area contributed by atoms with E-state index in [2.05, 4.69) is 17.3 Å². The summed E-state index contributed by atoms with van der Waals surface area (Å²) in [7, 11) is 0. The van der Waals surface area contributed by atoms with Gasteiger partial charge in [-0.3, -0.25) is 11.3 Å². The molecule has 102 valence electrons. The Morgan fingerprint density at radius 3 is 2.78 bits per heavy atom. The van der Waals surface area contributed by atoms with Gasteiger partial charge in [0.1, 0.15) is 0 Å². The summed E-state index contributed by atoms with van der Waals surface area (Å²) in [4.78, 5) is 4.37. The van der Waals surface area contributed by atoms with Crippen LogP contribution >= 0.6 is 11.3 Å². The highest BCUT2D eigenvalue weighted by Gasteiger charge is 2.27. The molecule has 0 aliphatic heterocycles. The highest BCUT2D eigenvalue weighted by atomic mass is 32.1. The third-order valence-electron chi connectivity index (χ3n) is 4.25. The summed E-state index contributed by atoms with van der Waals surface area (Å²) in [5, 5.41) is 3.25. The summed E-state index contributed by atoms with van der Waals surface area (Å²) in [6.07, 6.45) is 11.0. The molecule has 0 spiro atoms. The van der Waals surface area contributed by atoms with E-state index < -0.39 is 0 Å². The van der Waals surface area contributed by atoms with E-state index in [-0.39, 0.29) is 0 Å². The molecule has 2 rings (SSSR count). The Morgan fingerprint density at radius 2 is 2.22 bits per heavy atom. The van der Waals surface area contributed by atoms with Gasteiger partial charge in [-0.2, -0.15) is 0 Å². The summed E-state index contributed by atoms with van der Waals surface area (Å²) in [5.41, 5.74) is 3.02. The van der Waals surface area contributed by atoms with E-state index in [1.807, 2.05) is 11.6 Å². The number of nitrogens with two attached hydrogens (primary N) is 1. The van der Waals surface area contributed by atoms with Crippen LogP contribution in [0.1, 0.15) is 50.5 Å². The van der Waals surface area contributed by atoms with Crippen LogP contribution in [0.2, 0.25) is 0 Å². The monoisotopic (exact) mass is 267 g/mol. The van der Waals surface area contributed by atoms with E-state index in [1.54, 1.807) is 11.3 Å². The fourth-order valence-corrected chi connectivity index (χ4v) is 3.87. The Hall–Kier alpha value is -0.450. The minimum atomic E-state index is 0.402. The third kappa shape index (κ3) is 3.77. The molecule has 1 aromatic heterocycles.